The van der Waals surface area contributed by atoms with Gasteiger partial charge in [0, 0.05) is 36.5 Å². The van der Waals surface area contributed by atoms with E-state index in [2.05, 4.69) is 27.5 Å². The molecule has 5 rings (SSSR count). The standard InChI is InChI=1S/C31H33N5O5/c1-2-19-14-26(36(18-19)31(41)25-15-21-10-6-7-11-23(21)34-25)29(39)35-24(16-22-12-13-32-28(22)38)27(37)30(40)33-17-20-8-4-3-5-9-20/h2-11,15,19,22,24,26,34H,1,12-14,16-18H2,(H,32,38)(H,33,40)(H,35,39)/t19-,22+,24?,26+/m1/s1. The van der Waals surface area contributed by atoms with Gasteiger partial charge in [0.05, 0.1) is 6.04 Å². The second-order valence-electron chi connectivity index (χ2n) is 10.6. The van der Waals surface area contributed by atoms with E-state index < -0.39 is 35.6 Å². The maximum Gasteiger partial charge on any atom is 0.289 e. The molecule has 10 nitrogen and oxygen atoms in total. The van der Waals surface area contributed by atoms with Crippen molar-refractivity contribution in [2.24, 2.45) is 11.8 Å². The molecule has 0 bridgehead atoms. The first kappa shape index (κ1) is 27.8. The first-order valence-corrected chi connectivity index (χ1v) is 13.8. The summed E-state index contributed by atoms with van der Waals surface area (Å²) in [6, 6.07) is 16.3. The van der Waals surface area contributed by atoms with Crippen molar-refractivity contribution in [1.29, 1.82) is 0 Å². The van der Waals surface area contributed by atoms with E-state index in [9.17, 15) is 24.0 Å². The van der Waals surface area contributed by atoms with Gasteiger partial charge >= 0.3 is 0 Å². The number of hydrogen-bond acceptors (Lipinski definition) is 5. The molecule has 2 aromatic carbocycles. The number of para-hydroxylation sites is 1. The number of aromatic amines is 1. The largest absolute Gasteiger partial charge is 0.356 e. The van der Waals surface area contributed by atoms with Crippen LogP contribution in [0, 0.1) is 11.8 Å². The van der Waals surface area contributed by atoms with Gasteiger partial charge in [0.2, 0.25) is 17.6 Å². The third-order valence-electron chi connectivity index (χ3n) is 7.83. The van der Waals surface area contributed by atoms with Crippen LogP contribution >= 0.6 is 0 Å². The van der Waals surface area contributed by atoms with Gasteiger partial charge in [-0.05, 0) is 42.9 Å². The third kappa shape index (κ3) is 6.21. The van der Waals surface area contributed by atoms with E-state index in [0.29, 0.717) is 25.1 Å². The second-order valence-corrected chi connectivity index (χ2v) is 10.6. The Hall–Kier alpha value is -4.73. The lowest BCUT2D eigenvalue weighted by Crippen LogP contribution is -2.54. The zero-order valence-corrected chi connectivity index (χ0v) is 22.6. The van der Waals surface area contributed by atoms with Gasteiger partial charge in [-0.1, -0.05) is 54.6 Å². The van der Waals surface area contributed by atoms with E-state index in [1.807, 2.05) is 54.6 Å². The van der Waals surface area contributed by atoms with Crippen LogP contribution in [0.3, 0.4) is 0 Å². The van der Waals surface area contributed by atoms with Crippen LogP contribution in [0.4, 0.5) is 0 Å². The molecule has 4 atom stereocenters. The molecule has 0 radical (unpaired) electrons. The molecule has 0 spiro atoms. The number of H-pyrrole nitrogens is 1. The predicted octanol–water partition coefficient (Wildman–Crippen LogP) is 2.08. The molecule has 2 aliphatic rings. The number of hydrogen-bond donors (Lipinski definition) is 4. The Morgan fingerprint density at radius 2 is 1.83 bits per heavy atom. The monoisotopic (exact) mass is 555 g/mol. The Morgan fingerprint density at radius 1 is 1.07 bits per heavy atom. The van der Waals surface area contributed by atoms with Crippen LogP contribution in [0.2, 0.25) is 0 Å². The molecule has 2 saturated heterocycles. The molecule has 4 amide bonds. The summed E-state index contributed by atoms with van der Waals surface area (Å²) >= 11 is 0. The van der Waals surface area contributed by atoms with E-state index in [1.165, 1.54) is 4.90 Å². The topological polar surface area (TPSA) is 140 Å². The Balaban J connectivity index is 1.33. The third-order valence-corrected chi connectivity index (χ3v) is 7.83. The molecule has 2 aliphatic heterocycles. The van der Waals surface area contributed by atoms with Crippen molar-refractivity contribution in [3.8, 4) is 0 Å². The highest BCUT2D eigenvalue weighted by Gasteiger charge is 2.42. The molecule has 3 heterocycles. The maximum absolute atomic E-state index is 13.7. The van der Waals surface area contributed by atoms with Gasteiger partial charge in [0.1, 0.15) is 11.7 Å². The number of fused-ring (bicyclic) bond motifs is 1. The summed E-state index contributed by atoms with van der Waals surface area (Å²) in [7, 11) is 0. The Labute approximate surface area is 237 Å². The lowest BCUT2D eigenvalue weighted by atomic mass is 9.94. The summed E-state index contributed by atoms with van der Waals surface area (Å²) in [4.78, 5) is 70.3. The first-order chi connectivity index (χ1) is 19.8. The number of nitrogens with one attached hydrogen (secondary N) is 4. The fourth-order valence-electron chi connectivity index (χ4n) is 5.53. The number of nitrogens with zero attached hydrogens (tertiary/aromatic N) is 1. The first-order valence-electron chi connectivity index (χ1n) is 13.8. The van der Waals surface area contributed by atoms with Gasteiger partial charge < -0.3 is 25.8 Å². The SMILES string of the molecule is C=C[C@@H]1C[C@@H](C(=O)NC(C[C@@H]2CCNC2=O)C(=O)C(=O)NCc2ccccc2)N(C(=O)c2cc3ccccc3[nH]2)C1. The fraction of sp³-hybridized carbons (Fsp3) is 0.323. The Kier molecular flexibility index (Phi) is 8.28. The summed E-state index contributed by atoms with van der Waals surface area (Å²) in [6.45, 7) is 4.74. The van der Waals surface area contributed by atoms with Crippen molar-refractivity contribution in [1.82, 2.24) is 25.8 Å². The lowest BCUT2D eigenvalue weighted by Gasteiger charge is -2.26. The van der Waals surface area contributed by atoms with Crippen LogP contribution in [0.1, 0.15) is 35.3 Å². The molecule has 1 aromatic heterocycles. The van der Waals surface area contributed by atoms with Crippen LogP contribution < -0.4 is 16.0 Å². The molecular weight excluding hydrogens is 522 g/mol. The van der Waals surface area contributed by atoms with E-state index in [-0.39, 0.29) is 37.2 Å². The van der Waals surface area contributed by atoms with Crippen molar-refractivity contribution in [3.05, 3.63) is 84.6 Å². The summed E-state index contributed by atoms with van der Waals surface area (Å²) in [5.74, 6) is -3.43. The summed E-state index contributed by atoms with van der Waals surface area (Å²) in [6.07, 6.45) is 2.52. The number of aromatic nitrogens is 1. The van der Waals surface area contributed by atoms with Gasteiger partial charge in [-0.3, -0.25) is 24.0 Å². The van der Waals surface area contributed by atoms with Crippen LogP contribution in [0.15, 0.2) is 73.3 Å². The van der Waals surface area contributed by atoms with Gasteiger partial charge in [-0.2, -0.15) is 0 Å². The Morgan fingerprint density at radius 3 is 2.54 bits per heavy atom. The minimum absolute atomic E-state index is 0.0112. The fourth-order valence-corrected chi connectivity index (χ4v) is 5.53. The molecule has 0 aliphatic carbocycles. The second kappa shape index (κ2) is 12.2. The van der Waals surface area contributed by atoms with Gasteiger partial charge in [0.15, 0.2) is 0 Å². The zero-order chi connectivity index (χ0) is 28.9. The van der Waals surface area contributed by atoms with Crippen LogP contribution in [0.5, 0.6) is 0 Å². The van der Waals surface area contributed by atoms with Gasteiger partial charge in [0.25, 0.3) is 11.8 Å². The minimum Gasteiger partial charge on any atom is -0.356 e. The average molecular weight is 556 g/mol. The molecule has 0 saturated carbocycles. The summed E-state index contributed by atoms with van der Waals surface area (Å²) in [5, 5.41) is 8.94. The predicted molar refractivity (Wildman–Crippen MR) is 152 cm³/mol. The smallest absolute Gasteiger partial charge is 0.289 e. The highest BCUT2D eigenvalue weighted by molar-refractivity contribution is 6.38. The molecule has 1 unspecified atom stereocenters. The van der Waals surface area contributed by atoms with Crippen LogP contribution in [0.25, 0.3) is 10.9 Å². The highest BCUT2D eigenvalue weighted by Crippen LogP contribution is 2.28. The number of Topliss-reactive ketones (excluding diaryl/α,β-unsaturated/α-hetero) is 1. The van der Waals surface area contributed by atoms with E-state index in [4.69, 9.17) is 0 Å². The highest BCUT2D eigenvalue weighted by atomic mass is 16.2. The molecule has 3 aromatic rings. The molecule has 2 fully saturated rings. The molecule has 41 heavy (non-hydrogen) atoms. The summed E-state index contributed by atoms with van der Waals surface area (Å²) in [5.41, 5.74) is 1.97. The quantitative estimate of drug-likeness (QED) is 0.224. The number of rotatable bonds is 10. The molecule has 10 heteroatoms. The molecular formula is C31H33N5O5. The number of ketones is 1. The van der Waals surface area contributed by atoms with Crippen LogP contribution in [-0.2, 0) is 25.7 Å². The van der Waals surface area contributed by atoms with E-state index in [1.54, 1.807) is 12.1 Å². The van der Waals surface area contributed by atoms with E-state index >= 15 is 0 Å². The normalized spacial score (nSPS) is 20.8. The van der Waals surface area contributed by atoms with Crippen molar-refractivity contribution in [2.45, 2.75) is 37.9 Å². The number of benzene rings is 2. The number of carbonyl (C=O) groups is 5. The van der Waals surface area contributed by atoms with Crippen LogP contribution in [-0.4, -0.2) is 64.5 Å². The van der Waals surface area contributed by atoms with Gasteiger partial charge in [-0.25, -0.2) is 0 Å². The maximum atomic E-state index is 13.7. The zero-order valence-electron chi connectivity index (χ0n) is 22.6. The summed E-state index contributed by atoms with van der Waals surface area (Å²) < 4.78 is 0. The number of likely N-dealkylation sites (tertiary alicyclic amines) is 1. The van der Waals surface area contributed by atoms with Crippen molar-refractivity contribution in [2.75, 3.05) is 13.1 Å². The molecule has 212 valence electrons. The number of carbonyl (C=O) groups excluding carboxylic acids is 5. The Bertz CT molecular complexity index is 1450. The molecule has 4 N–H and O–H groups in total. The van der Waals surface area contributed by atoms with E-state index in [0.717, 1.165) is 16.5 Å². The minimum atomic E-state index is -1.22. The van der Waals surface area contributed by atoms with Gasteiger partial charge in [-0.15, -0.1) is 6.58 Å². The lowest BCUT2D eigenvalue weighted by molar-refractivity contribution is -0.141. The van der Waals surface area contributed by atoms with Crippen molar-refractivity contribution in [3.63, 3.8) is 0 Å². The van der Waals surface area contributed by atoms with Crippen molar-refractivity contribution < 1.29 is 24.0 Å². The number of amides is 4. The average Bonchev–Trinajstić information content (AvgIpc) is 3.73. The van der Waals surface area contributed by atoms with Crippen molar-refractivity contribution >= 4 is 40.3 Å².